The van der Waals surface area contributed by atoms with E-state index in [2.05, 4.69) is 93.7 Å². The summed E-state index contributed by atoms with van der Waals surface area (Å²) in [5, 5.41) is 16.1. The largest absolute Gasteiger partial charge is 0.257 e. The Bertz CT molecular complexity index is 2360. The maximum absolute atomic E-state index is 9.35. The lowest BCUT2D eigenvalue weighted by molar-refractivity contribution is 1.24. The van der Waals surface area contributed by atoms with Crippen LogP contribution in [0.25, 0.3) is 82.2 Å². The summed E-state index contributed by atoms with van der Waals surface area (Å²) in [6.45, 7) is 7.36. The fourth-order valence-corrected chi connectivity index (χ4v) is 6.14. The van der Waals surface area contributed by atoms with Gasteiger partial charge < -0.3 is 0 Å². The van der Waals surface area contributed by atoms with Crippen molar-refractivity contribution in [1.82, 2.24) is 19.9 Å². The van der Waals surface area contributed by atoms with Crippen LogP contribution in [0.2, 0.25) is 0 Å². The topological polar surface area (TPSA) is 79.7 Å². The summed E-state index contributed by atoms with van der Waals surface area (Å²) in [6.07, 6.45) is 7.07. The minimum atomic E-state index is 0.532. The van der Waals surface area contributed by atoms with Gasteiger partial charge in [-0.15, -0.1) is 0 Å². The van der Waals surface area contributed by atoms with Crippen molar-refractivity contribution in [2.45, 2.75) is 0 Å². The number of hydrogen-bond acceptors (Lipinski definition) is 5. The average molecular weight is 587 g/mol. The Labute approximate surface area is 264 Å². The van der Waals surface area contributed by atoms with Crippen LogP contribution in [0.1, 0.15) is 5.56 Å². The highest BCUT2D eigenvalue weighted by molar-refractivity contribution is 6.23. The Morgan fingerprint density at radius 2 is 1.07 bits per heavy atom. The summed E-state index contributed by atoms with van der Waals surface area (Å²) in [5.41, 5.74) is 8.01. The zero-order valence-corrected chi connectivity index (χ0v) is 24.4. The van der Waals surface area contributed by atoms with Gasteiger partial charge >= 0.3 is 0 Å². The van der Waals surface area contributed by atoms with Crippen LogP contribution in [-0.2, 0) is 0 Å². The Hall–Kier alpha value is -6.76. The quantitative estimate of drug-likeness (QED) is 0.151. The van der Waals surface area contributed by atoms with Gasteiger partial charge in [-0.05, 0) is 92.0 Å². The Morgan fingerprint density at radius 1 is 0.522 bits per heavy atom. The predicted molar refractivity (Wildman–Crippen MR) is 183 cm³/mol. The summed E-state index contributed by atoms with van der Waals surface area (Å²) in [7, 11) is 0. The van der Waals surface area contributed by atoms with Crippen LogP contribution in [-0.4, -0.2) is 19.9 Å². The fraction of sp³-hybridized carbons (Fsp3) is 0. The van der Waals surface area contributed by atoms with E-state index >= 15 is 0 Å². The Balaban J connectivity index is 1.36. The number of pyridine rings is 4. The van der Waals surface area contributed by atoms with Gasteiger partial charge in [0, 0.05) is 35.9 Å². The number of hydrogen-bond donors (Lipinski definition) is 0. The molecule has 0 atom stereocenters. The summed E-state index contributed by atoms with van der Waals surface area (Å²) >= 11 is 0. The lowest BCUT2D eigenvalue weighted by atomic mass is 9.85. The van der Waals surface area contributed by atoms with Crippen molar-refractivity contribution < 1.29 is 0 Å². The van der Waals surface area contributed by atoms with Crippen LogP contribution in [0, 0.1) is 17.9 Å². The van der Waals surface area contributed by atoms with Crippen LogP contribution in [0.15, 0.2) is 134 Å². The van der Waals surface area contributed by atoms with Gasteiger partial charge in [0.25, 0.3) is 0 Å². The molecule has 8 rings (SSSR count). The maximum Gasteiger partial charge on any atom is 0.190 e. The molecule has 0 aliphatic carbocycles. The molecule has 6 heteroatoms. The highest BCUT2D eigenvalue weighted by Gasteiger charge is 2.18. The maximum atomic E-state index is 9.35. The molecule has 0 saturated heterocycles. The van der Waals surface area contributed by atoms with Gasteiger partial charge in [0.15, 0.2) is 5.69 Å². The van der Waals surface area contributed by atoms with E-state index in [0.717, 1.165) is 54.6 Å². The van der Waals surface area contributed by atoms with Crippen molar-refractivity contribution in [2.24, 2.45) is 0 Å². The minimum absolute atomic E-state index is 0.532. The number of fused-ring (bicyclic) bond motifs is 3. The summed E-state index contributed by atoms with van der Waals surface area (Å²) in [5.74, 6) is 0. The summed E-state index contributed by atoms with van der Waals surface area (Å²) < 4.78 is 0. The van der Waals surface area contributed by atoms with E-state index < -0.39 is 0 Å². The normalized spacial score (nSPS) is 11.0. The van der Waals surface area contributed by atoms with Gasteiger partial charge in [-0.25, -0.2) is 4.85 Å². The summed E-state index contributed by atoms with van der Waals surface area (Å²) in [6, 6.07) is 38.6. The van der Waals surface area contributed by atoms with Crippen LogP contribution >= 0.6 is 0 Å². The zero-order valence-electron chi connectivity index (χ0n) is 24.4. The first-order chi connectivity index (χ1) is 22.7. The van der Waals surface area contributed by atoms with Crippen molar-refractivity contribution in [3.63, 3.8) is 0 Å². The van der Waals surface area contributed by atoms with E-state index in [9.17, 15) is 5.26 Å². The molecule has 0 radical (unpaired) electrons. The number of benzene rings is 4. The molecule has 212 valence electrons. The molecule has 8 aromatic rings. The van der Waals surface area contributed by atoms with Gasteiger partial charge in [-0.1, -0.05) is 60.7 Å². The highest BCUT2D eigenvalue weighted by Crippen LogP contribution is 2.45. The monoisotopic (exact) mass is 586 g/mol. The fourth-order valence-electron chi connectivity index (χ4n) is 6.14. The molecule has 0 aliphatic heterocycles. The minimum Gasteiger partial charge on any atom is -0.257 e. The second-order valence-electron chi connectivity index (χ2n) is 11.0. The molecule has 46 heavy (non-hydrogen) atoms. The first kappa shape index (κ1) is 26.8. The number of nitriles is 1. The molecule has 6 nitrogen and oxygen atoms in total. The third-order valence-electron chi connectivity index (χ3n) is 8.28. The van der Waals surface area contributed by atoms with Crippen LogP contribution in [0.3, 0.4) is 0 Å². The highest BCUT2D eigenvalue weighted by atomic mass is 14.8. The SMILES string of the molecule is [C-]#[N+]c1ccnc(-c2ccc(-c3c4ccccc4c(-c4ccc(-c5cc(C#N)ccn5)nc4)c4cc5ccccc5cc34)cn2)c1. The lowest BCUT2D eigenvalue weighted by Crippen LogP contribution is -1.94. The molecular weight excluding hydrogens is 564 g/mol. The van der Waals surface area contributed by atoms with E-state index in [0.29, 0.717) is 34.0 Å². The van der Waals surface area contributed by atoms with Crippen molar-refractivity contribution in [2.75, 3.05) is 0 Å². The summed E-state index contributed by atoms with van der Waals surface area (Å²) in [4.78, 5) is 22.0. The van der Waals surface area contributed by atoms with Crippen molar-refractivity contribution in [3.05, 3.63) is 151 Å². The molecule has 0 spiro atoms. The molecule has 4 aromatic carbocycles. The predicted octanol–water partition coefficient (Wildman–Crippen LogP) is 9.82. The first-order valence-corrected chi connectivity index (χ1v) is 14.7. The second-order valence-corrected chi connectivity index (χ2v) is 11.0. The molecule has 4 heterocycles. The smallest absolute Gasteiger partial charge is 0.190 e. The number of aromatic nitrogens is 4. The van der Waals surface area contributed by atoms with Gasteiger partial charge in [-0.3, -0.25) is 19.9 Å². The molecule has 0 unspecified atom stereocenters. The van der Waals surface area contributed by atoms with Gasteiger partial charge in [0.1, 0.15) is 0 Å². The molecule has 0 bridgehead atoms. The zero-order chi connectivity index (χ0) is 31.0. The standard InChI is InChI=1S/C40H22N6/c1-42-30-15-17-44-38(21-30)36-13-11-29(24-46-36)40-32-9-5-4-8-31(32)39(33-19-26-6-2-3-7-27(26)20-34(33)40)28-10-12-35(45-23-28)37-18-25(22-41)14-16-43-37/h2-21,23-24H. The van der Waals surface area contributed by atoms with Crippen molar-refractivity contribution in [1.29, 1.82) is 5.26 Å². The lowest BCUT2D eigenvalue weighted by Gasteiger charge is -2.18. The molecule has 4 aromatic heterocycles. The van der Waals surface area contributed by atoms with Gasteiger partial charge in [0.05, 0.1) is 41.0 Å². The molecule has 0 saturated carbocycles. The molecule has 0 aliphatic rings. The third kappa shape index (κ3) is 4.59. The van der Waals surface area contributed by atoms with E-state index in [-0.39, 0.29) is 0 Å². The van der Waals surface area contributed by atoms with Crippen molar-refractivity contribution in [3.8, 4) is 51.1 Å². The molecule has 0 N–H and O–H groups in total. The molecule has 0 fully saturated rings. The number of nitrogens with zero attached hydrogens (tertiary/aromatic N) is 6. The van der Waals surface area contributed by atoms with Crippen LogP contribution in [0.5, 0.6) is 0 Å². The van der Waals surface area contributed by atoms with Gasteiger partial charge in [-0.2, -0.15) is 5.26 Å². The second kappa shape index (κ2) is 11.1. The molecular formula is C40H22N6. The van der Waals surface area contributed by atoms with Crippen LogP contribution in [0.4, 0.5) is 5.69 Å². The van der Waals surface area contributed by atoms with E-state index in [1.165, 1.54) is 0 Å². The third-order valence-corrected chi connectivity index (χ3v) is 8.28. The average Bonchev–Trinajstić information content (AvgIpc) is 3.13. The Kier molecular flexibility index (Phi) is 6.45. The van der Waals surface area contributed by atoms with E-state index in [1.807, 2.05) is 24.5 Å². The van der Waals surface area contributed by atoms with Crippen LogP contribution < -0.4 is 0 Å². The molecule has 0 amide bonds. The first-order valence-electron chi connectivity index (χ1n) is 14.7. The Morgan fingerprint density at radius 3 is 1.59 bits per heavy atom. The van der Waals surface area contributed by atoms with E-state index in [1.54, 1.807) is 36.7 Å². The van der Waals surface area contributed by atoms with Crippen molar-refractivity contribution >= 4 is 38.0 Å². The van der Waals surface area contributed by atoms with E-state index in [4.69, 9.17) is 16.5 Å². The number of rotatable bonds is 4. The van der Waals surface area contributed by atoms with Gasteiger partial charge in [0.2, 0.25) is 0 Å².